The summed E-state index contributed by atoms with van der Waals surface area (Å²) in [6.07, 6.45) is 0. The van der Waals surface area contributed by atoms with Crippen molar-refractivity contribution in [2.75, 3.05) is 13.7 Å². The number of benzene rings is 1. The van der Waals surface area contributed by atoms with Crippen LogP contribution in [-0.4, -0.2) is 45.7 Å². The summed E-state index contributed by atoms with van der Waals surface area (Å²) in [5, 5.41) is 15.6. The molecule has 1 aromatic heterocycles. The fourth-order valence-electron chi connectivity index (χ4n) is 2.19. The molecular weight excluding hydrogens is 322 g/mol. The van der Waals surface area contributed by atoms with Crippen LogP contribution in [0.25, 0.3) is 0 Å². The maximum Gasteiger partial charge on any atom is 0.341 e. The van der Waals surface area contributed by atoms with E-state index in [0.717, 1.165) is 11.3 Å². The topological polar surface area (TPSA) is 95.5 Å². The zero-order chi connectivity index (χ0) is 18.6. The van der Waals surface area contributed by atoms with Crippen LogP contribution in [0.5, 0.6) is 5.75 Å². The third-order valence-electron chi connectivity index (χ3n) is 3.66. The highest BCUT2D eigenvalue weighted by molar-refractivity contribution is 5.92. The van der Waals surface area contributed by atoms with E-state index in [1.807, 2.05) is 20.8 Å². The molecule has 0 unspecified atom stereocenters. The van der Waals surface area contributed by atoms with Crippen LogP contribution in [0, 0.1) is 0 Å². The highest BCUT2D eigenvalue weighted by atomic mass is 16.5. The smallest absolute Gasteiger partial charge is 0.341 e. The Morgan fingerprint density at radius 2 is 1.88 bits per heavy atom. The minimum Gasteiger partial charge on any atom is -0.482 e. The van der Waals surface area contributed by atoms with E-state index in [1.54, 1.807) is 42.3 Å². The third kappa shape index (κ3) is 5.07. The van der Waals surface area contributed by atoms with Crippen molar-refractivity contribution >= 4 is 11.9 Å². The summed E-state index contributed by atoms with van der Waals surface area (Å²) in [5.74, 6) is -0.719. The normalized spacial score (nSPS) is 11.2. The van der Waals surface area contributed by atoms with Crippen molar-refractivity contribution < 1.29 is 19.4 Å². The standard InChI is InChI=1S/C18H23N3O4/c1-18(2,3)15-9-14(19-20-15)17(24)21(4)10-12-5-7-13(8-6-12)25-11-16(22)23/h5-9H,10-11H2,1-4H3,(H,19,20)(H,22,23). The van der Waals surface area contributed by atoms with Crippen LogP contribution in [0.15, 0.2) is 30.3 Å². The van der Waals surface area contributed by atoms with Crippen molar-refractivity contribution in [1.29, 1.82) is 0 Å². The SMILES string of the molecule is CN(Cc1ccc(OCC(=O)O)cc1)C(=O)c1cc(C(C)(C)C)[nH]n1. The predicted octanol–water partition coefficient (Wildman–Crippen LogP) is 2.44. The number of nitrogens with one attached hydrogen (secondary N) is 1. The van der Waals surface area contributed by atoms with Gasteiger partial charge >= 0.3 is 5.97 Å². The average Bonchev–Trinajstić information content (AvgIpc) is 3.03. The van der Waals surface area contributed by atoms with E-state index in [9.17, 15) is 9.59 Å². The van der Waals surface area contributed by atoms with Gasteiger partial charge in [0.1, 0.15) is 11.4 Å². The number of hydrogen-bond donors (Lipinski definition) is 2. The predicted molar refractivity (Wildman–Crippen MR) is 92.7 cm³/mol. The molecule has 0 radical (unpaired) electrons. The van der Waals surface area contributed by atoms with Gasteiger partial charge in [0.2, 0.25) is 0 Å². The van der Waals surface area contributed by atoms with E-state index in [4.69, 9.17) is 9.84 Å². The fourth-order valence-corrected chi connectivity index (χ4v) is 2.19. The second-order valence-electron chi connectivity index (χ2n) is 6.90. The number of carbonyl (C=O) groups is 2. The molecule has 2 rings (SSSR count). The van der Waals surface area contributed by atoms with Crippen LogP contribution in [0.3, 0.4) is 0 Å². The van der Waals surface area contributed by atoms with Gasteiger partial charge in [0.25, 0.3) is 5.91 Å². The van der Waals surface area contributed by atoms with E-state index in [1.165, 1.54) is 0 Å². The molecule has 134 valence electrons. The number of ether oxygens (including phenoxy) is 1. The summed E-state index contributed by atoms with van der Waals surface area (Å²) in [6, 6.07) is 8.74. The Morgan fingerprint density at radius 3 is 2.40 bits per heavy atom. The van der Waals surface area contributed by atoms with Gasteiger partial charge in [-0.1, -0.05) is 32.9 Å². The van der Waals surface area contributed by atoms with Gasteiger partial charge in [-0.3, -0.25) is 9.89 Å². The molecule has 0 aliphatic carbocycles. The maximum atomic E-state index is 12.5. The van der Waals surface area contributed by atoms with Gasteiger partial charge in [-0.2, -0.15) is 5.10 Å². The van der Waals surface area contributed by atoms with Crippen LogP contribution in [0.2, 0.25) is 0 Å². The number of aromatic nitrogens is 2. The molecule has 7 heteroatoms. The van der Waals surface area contributed by atoms with Crippen molar-refractivity contribution in [2.45, 2.75) is 32.7 Å². The number of aromatic amines is 1. The summed E-state index contributed by atoms with van der Waals surface area (Å²) in [6.45, 7) is 6.17. The molecule has 0 spiro atoms. The molecule has 2 aromatic rings. The van der Waals surface area contributed by atoms with Gasteiger partial charge in [0.15, 0.2) is 6.61 Å². The first-order valence-electron chi connectivity index (χ1n) is 7.91. The number of H-pyrrole nitrogens is 1. The minimum atomic E-state index is -1.02. The van der Waals surface area contributed by atoms with Gasteiger partial charge in [0.05, 0.1) is 0 Å². The Kier molecular flexibility index (Phi) is 5.46. The summed E-state index contributed by atoms with van der Waals surface area (Å²) < 4.78 is 5.08. The Labute approximate surface area is 146 Å². The summed E-state index contributed by atoms with van der Waals surface area (Å²) in [7, 11) is 1.71. The minimum absolute atomic E-state index is 0.101. The van der Waals surface area contributed by atoms with Crippen LogP contribution >= 0.6 is 0 Å². The molecular formula is C18H23N3O4. The molecule has 2 N–H and O–H groups in total. The molecule has 0 saturated heterocycles. The third-order valence-corrected chi connectivity index (χ3v) is 3.66. The highest BCUT2D eigenvalue weighted by Crippen LogP contribution is 2.21. The van der Waals surface area contributed by atoms with Crippen molar-refractivity contribution in [2.24, 2.45) is 0 Å². The second kappa shape index (κ2) is 7.38. The lowest BCUT2D eigenvalue weighted by Crippen LogP contribution is -2.26. The molecule has 0 aliphatic heterocycles. The van der Waals surface area contributed by atoms with Gasteiger partial charge in [0, 0.05) is 24.7 Å². The maximum absolute atomic E-state index is 12.5. The summed E-state index contributed by atoms with van der Waals surface area (Å²) in [5.41, 5.74) is 2.10. The lowest BCUT2D eigenvalue weighted by atomic mass is 9.92. The quantitative estimate of drug-likeness (QED) is 0.838. The zero-order valence-corrected chi connectivity index (χ0v) is 14.9. The average molecular weight is 345 g/mol. The van der Waals surface area contributed by atoms with Gasteiger partial charge in [-0.15, -0.1) is 0 Å². The lowest BCUT2D eigenvalue weighted by molar-refractivity contribution is -0.139. The summed E-state index contributed by atoms with van der Waals surface area (Å²) in [4.78, 5) is 24.5. The number of rotatable bonds is 6. The van der Waals surface area contributed by atoms with Gasteiger partial charge in [-0.05, 0) is 23.8 Å². The Bertz CT molecular complexity index is 744. The second-order valence-corrected chi connectivity index (χ2v) is 6.90. The first kappa shape index (κ1) is 18.5. The van der Waals surface area contributed by atoms with E-state index in [2.05, 4.69) is 10.2 Å². The fraction of sp³-hybridized carbons (Fsp3) is 0.389. The van der Waals surface area contributed by atoms with Crippen LogP contribution in [0.4, 0.5) is 0 Å². The van der Waals surface area contributed by atoms with E-state index in [0.29, 0.717) is 18.0 Å². The van der Waals surface area contributed by atoms with Crippen molar-refractivity contribution in [3.8, 4) is 5.75 Å². The number of nitrogens with zero attached hydrogens (tertiary/aromatic N) is 2. The Morgan fingerprint density at radius 1 is 1.24 bits per heavy atom. The Balaban J connectivity index is 1.99. The largest absolute Gasteiger partial charge is 0.482 e. The molecule has 1 heterocycles. The van der Waals surface area contributed by atoms with E-state index < -0.39 is 5.97 Å². The molecule has 0 bridgehead atoms. The monoisotopic (exact) mass is 345 g/mol. The number of carbonyl (C=O) groups excluding carboxylic acids is 1. The first-order valence-corrected chi connectivity index (χ1v) is 7.91. The molecule has 1 aromatic carbocycles. The number of hydrogen-bond acceptors (Lipinski definition) is 4. The molecule has 0 saturated carbocycles. The Hall–Kier alpha value is -2.83. The van der Waals surface area contributed by atoms with Crippen molar-refractivity contribution in [1.82, 2.24) is 15.1 Å². The van der Waals surface area contributed by atoms with Crippen LogP contribution in [-0.2, 0) is 16.8 Å². The molecule has 7 nitrogen and oxygen atoms in total. The number of amides is 1. The number of aliphatic carboxylic acids is 1. The van der Waals surface area contributed by atoms with E-state index >= 15 is 0 Å². The molecule has 0 atom stereocenters. The molecule has 25 heavy (non-hydrogen) atoms. The summed E-state index contributed by atoms with van der Waals surface area (Å²) >= 11 is 0. The number of carboxylic acid groups (broad SMARTS) is 1. The van der Waals surface area contributed by atoms with E-state index in [-0.39, 0.29) is 17.9 Å². The van der Waals surface area contributed by atoms with Gasteiger partial charge in [-0.25, -0.2) is 4.79 Å². The van der Waals surface area contributed by atoms with Crippen molar-refractivity contribution in [3.63, 3.8) is 0 Å². The zero-order valence-electron chi connectivity index (χ0n) is 14.9. The first-order chi connectivity index (χ1) is 11.7. The van der Waals surface area contributed by atoms with Crippen LogP contribution < -0.4 is 4.74 Å². The molecule has 0 aliphatic rings. The van der Waals surface area contributed by atoms with Gasteiger partial charge < -0.3 is 14.7 Å². The van der Waals surface area contributed by atoms with Crippen molar-refractivity contribution in [3.05, 3.63) is 47.3 Å². The molecule has 1 amide bonds. The molecule has 0 fully saturated rings. The van der Waals surface area contributed by atoms with Crippen LogP contribution in [0.1, 0.15) is 42.5 Å². The highest BCUT2D eigenvalue weighted by Gasteiger charge is 2.21. The lowest BCUT2D eigenvalue weighted by Gasteiger charge is -2.16. The number of carboxylic acids is 1.